The van der Waals surface area contributed by atoms with Crippen molar-refractivity contribution in [2.45, 2.75) is 64.6 Å². The fourth-order valence-electron chi connectivity index (χ4n) is 4.22. The molecule has 2 amide bonds. The predicted octanol–water partition coefficient (Wildman–Crippen LogP) is 4.93. The van der Waals surface area contributed by atoms with E-state index in [4.69, 9.17) is 9.47 Å². The van der Waals surface area contributed by atoms with E-state index >= 15 is 0 Å². The van der Waals surface area contributed by atoms with Gasteiger partial charge in [0.2, 0.25) is 11.8 Å². The average Bonchev–Trinajstić information content (AvgIpc) is 2.99. The number of amides is 2. The van der Waals surface area contributed by atoms with Gasteiger partial charge in [-0.05, 0) is 88.2 Å². The van der Waals surface area contributed by atoms with Crippen LogP contribution in [0.1, 0.15) is 45.2 Å². The van der Waals surface area contributed by atoms with Gasteiger partial charge in [0.05, 0.1) is 24.3 Å². The van der Waals surface area contributed by atoms with E-state index in [1.165, 1.54) is 17.0 Å². The van der Waals surface area contributed by atoms with Crippen molar-refractivity contribution in [2.75, 3.05) is 24.6 Å². The van der Waals surface area contributed by atoms with E-state index in [1.54, 1.807) is 62.6 Å². The highest BCUT2D eigenvalue weighted by atomic mass is 32.2. The van der Waals surface area contributed by atoms with Gasteiger partial charge in [-0.25, -0.2) is 8.42 Å². The molecule has 3 aromatic rings. The second-order valence-electron chi connectivity index (χ2n) is 10.1. The van der Waals surface area contributed by atoms with Crippen molar-refractivity contribution < 1.29 is 27.5 Å². The van der Waals surface area contributed by atoms with Gasteiger partial charge in [0.15, 0.2) is 0 Å². The molecule has 0 unspecified atom stereocenters. The Balaban J connectivity index is 2.02. The fourth-order valence-corrected chi connectivity index (χ4v) is 5.63. The lowest BCUT2D eigenvalue weighted by atomic mass is 10.1. The minimum Gasteiger partial charge on any atom is -0.497 e. The van der Waals surface area contributed by atoms with Gasteiger partial charge in [-0.1, -0.05) is 36.8 Å². The van der Waals surface area contributed by atoms with Gasteiger partial charge in [-0.15, -0.1) is 0 Å². The molecule has 0 saturated heterocycles. The molecule has 3 aromatic carbocycles. The highest BCUT2D eigenvalue weighted by Crippen LogP contribution is 2.27. The Hall–Kier alpha value is -4.05. The van der Waals surface area contributed by atoms with Crippen LogP contribution in [0, 0.1) is 6.92 Å². The predicted molar refractivity (Wildman–Crippen MR) is 164 cm³/mol. The maximum Gasteiger partial charge on any atom is 0.264 e. The summed E-state index contributed by atoms with van der Waals surface area (Å²) in [5.74, 6) is 0.393. The first-order valence-electron chi connectivity index (χ1n) is 14.0. The molecule has 42 heavy (non-hydrogen) atoms. The average molecular weight is 596 g/mol. The van der Waals surface area contributed by atoms with E-state index < -0.39 is 28.5 Å². The molecular weight excluding hydrogens is 554 g/mol. The fraction of sp³-hybridized carbons (Fsp3) is 0.375. The molecule has 1 N–H and O–H groups in total. The lowest BCUT2D eigenvalue weighted by Crippen LogP contribution is -2.52. The summed E-state index contributed by atoms with van der Waals surface area (Å²) < 4.78 is 39.8. The van der Waals surface area contributed by atoms with Crippen LogP contribution in [-0.2, 0) is 26.2 Å². The van der Waals surface area contributed by atoms with Crippen LogP contribution < -0.4 is 19.1 Å². The molecule has 0 saturated carbocycles. The van der Waals surface area contributed by atoms with Crippen molar-refractivity contribution in [3.63, 3.8) is 0 Å². The molecule has 226 valence electrons. The zero-order valence-electron chi connectivity index (χ0n) is 25.2. The lowest BCUT2D eigenvalue weighted by Gasteiger charge is -2.32. The molecule has 9 nitrogen and oxygen atoms in total. The Kier molecular flexibility index (Phi) is 11.4. The zero-order chi connectivity index (χ0) is 30.9. The maximum atomic E-state index is 14.0. The Morgan fingerprint density at radius 3 is 2.02 bits per heavy atom. The monoisotopic (exact) mass is 595 g/mol. The molecule has 0 aliphatic carbocycles. The number of methoxy groups -OCH3 is 1. The zero-order valence-corrected chi connectivity index (χ0v) is 26.0. The Labute approximate surface area is 249 Å². The van der Waals surface area contributed by atoms with Crippen LogP contribution in [0.15, 0.2) is 77.7 Å². The second kappa shape index (κ2) is 14.7. The van der Waals surface area contributed by atoms with Gasteiger partial charge in [-0.2, -0.15) is 0 Å². The molecule has 0 aliphatic rings. The van der Waals surface area contributed by atoms with Gasteiger partial charge in [0, 0.05) is 12.6 Å². The van der Waals surface area contributed by atoms with Crippen LogP contribution in [0.4, 0.5) is 5.69 Å². The number of rotatable bonds is 14. The highest BCUT2D eigenvalue weighted by molar-refractivity contribution is 7.92. The summed E-state index contributed by atoms with van der Waals surface area (Å²) in [5, 5.41) is 2.93. The summed E-state index contributed by atoms with van der Waals surface area (Å²) in [4.78, 5) is 28.7. The Morgan fingerprint density at radius 2 is 1.48 bits per heavy atom. The normalized spacial score (nSPS) is 12.6. The molecule has 10 heteroatoms. The first-order chi connectivity index (χ1) is 20.0. The van der Waals surface area contributed by atoms with Crippen LogP contribution in [0.25, 0.3) is 0 Å². The number of aryl methyl sites for hydroxylation is 1. The highest BCUT2D eigenvalue weighted by Gasteiger charge is 2.32. The van der Waals surface area contributed by atoms with Crippen LogP contribution in [0.5, 0.6) is 11.5 Å². The largest absolute Gasteiger partial charge is 0.497 e. The van der Waals surface area contributed by atoms with E-state index in [-0.39, 0.29) is 23.4 Å². The summed E-state index contributed by atoms with van der Waals surface area (Å²) in [6.45, 7) is 9.27. The van der Waals surface area contributed by atoms with Crippen molar-refractivity contribution in [2.24, 2.45) is 0 Å². The van der Waals surface area contributed by atoms with Gasteiger partial charge in [-0.3, -0.25) is 13.9 Å². The SMILES string of the molecule is CCOc1ccc(N(CC(=O)N(Cc2ccc(OC)cc2)[C@@H](C)C(=O)N[C@@H](C)CC)S(=O)(=O)c2ccc(C)cc2)cc1. The molecular formula is C32H41N3O6S. The summed E-state index contributed by atoms with van der Waals surface area (Å²) in [6.07, 6.45) is 0.727. The van der Waals surface area contributed by atoms with Gasteiger partial charge in [0.1, 0.15) is 24.1 Å². The van der Waals surface area contributed by atoms with Gasteiger partial charge in [0.25, 0.3) is 10.0 Å². The molecule has 0 aliphatic heterocycles. The van der Waals surface area contributed by atoms with E-state index in [0.29, 0.717) is 23.8 Å². The van der Waals surface area contributed by atoms with E-state index in [9.17, 15) is 18.0 Å². The standard InChI is InChI=1S/C32H41N3O6S/c1-7-24(4)33-32(37)25(5)34(21-26-11-15-28(40-6)16-12-26)31(36)22-35(27-13-17-29(18-14-27)41-8-2)42(38,39)30-19-9-23(3)10-20-30/h9-20,24-25H,7-8,21-22H2,1-6H3,(H,33,37)/t24-,25-/m0/s1. The maximum absolute atomic E-state index is 14.0. The molecule has 0 aromatic heterocycles. The first-order valence-corrected chi connectivity index (χ1v) is 15.5. The number of hydrogen-bond donors (Lipinski definition) is 1. The molecule has 0 radical (unpaired) electrons. The van der Waals surface area contributed by atoms with Crippen molar-refractivity contribution in [1.29, 1.82) is 0 Å². The van der Waals surface area contributed by atoms with Crippen molar-refractivity contribution >= 4 is 27.5 Å². The third-order valence-corrected chi connectivity index (χ3v) is 8.79. The number of nitrogens with one attached hydrogen (secondary N) is 1. The van der Waals surface area contributed by atoms with Crippen molar-refractivity contribution in [3.05, 3.63) is 83.9 Å². The number of nitrogens with zero attached hydrogens (tertiary/aromatic N) is 2. The number of carbonyl (C=O) groups is 2. The number of sulfonamides is 1. The number of benzene rings is 3. The third-order valence-electron chi connectivity index (χ3n) is 7.00. The Morgan fingerprint density at radius 1 is 0.881 bits per heavy atom. The number of anilines is 1. The van der Waals surface area contributed by atoms with E-state index in [2.05, 4.69) is 5.32 Å². The molecule has 0 heterocycles. The molecule has 0 fully saturated rings. The van der Waals surface area contributed by atoms with Gasteiger partial charge < -0.3 is 19.7 Å². The Bertz CT molecular complexity index is 1420. The first kappa shape index (κ1) is 32.5. The van der Waals surface area contributed by atoms with Crippen LogP contribution in [0.3, 0.4) is 0 Å². The quantitative estimate of drug-likeness (QED) is 0.283. The topological polar surface area (TPSA) is 105 Å². The molecule has 2 atom stereocenters. The van der Waals surface area contributed by atoms with Crippen molar-refractivity contribution in [1.82, 2.24) is 10.2 Å². The summed E-state index contributed by atoms with van der Waals surface area (Å²) >= 11 is 0. The minimum absolute atomic E-state index is 0.0547. The smallest absolute Gasteiger partial charge is 0.264 e. The summed E-state index contributed by atoms with van der Waals surface area (Å²) in [6, 6.07) is 19.2. The molecule has 0 bridgehead atoms. The summed E-state index contributed by atoms with van der Waals surface area (Å²) in [5.41, 5.74) is 1.97. The van der Waals surface area contributed by atoms with Crippen LogP contribution in [-0.4, -0.2) is 57.5 Å². The van der Waals surface area contributed by atoms with Crippen LogP contribution in [0.2, 0.25) is 0 Å². The summed E-state index contributed by atoms with van der Waals surface area (Å²) in [7, 11) is -2.58. The number of ether oxygens (including phenoxy) is 2. The molecule has 0 spiro atoms. The van der Waals surface area contributed by atoms with Gasteiger partial charge >= 0.3 is 0 Å². The number of hydrogen-bond acceptors (Lipinski definition) is 6. The third kappa shape index (κ3) is 8.25. The van der Waals surface area contributed by atoms with Crippen molar-refractivity contribution in [3.8, 4) is 11.5 Å². The number of carbonyl (C=O) groups excluding carboxylic acids is 2. The van der Waals surface area contributed by atoms with E-state index in [1.807, 2.05) is 39.8 Å². The second-order valence-corrected chi connectivity index (χ2v) is 12.0. The van der Waals surface area contributed by atoms with Crippen LogP contribution >= 0.6 is 0 Å². The van der Waals surface area contributed by atoms with E-state index in [0.717, 1.165) is 21.9 Å². The lowest BCUT2D eigenvalue weighted by molar-refractivity contribution is -0.139. The molecule has 3 rings (SSSR count). The minimum atomic E-state index is -4.15.